The Morgan fingerprint density at radius 3 is 2.62 bits per heavy atom. The molecule has 0 atom stereocenters. The van der Waals surface area contributed by atoms with Crippen LogP contribution < -0.4 is 0 Å². The third-order valence-electron chi connectivity index (χ3n) is 4.46. The quantitative estimate of drug-likeness (QED) is 0.242. The molecule has 8 nitrogen and oxygen atoms in total. The summed E-state index contributed by atoms with van der Waals surface area (Å²) < 4.78 is 1.46. The van der Waals surface area contributed by atoms with Gasteiger partial charge >= 0.3 is 0 Å². The molecule has 9 heteroatoms. The van der Waals surface area contributed by atoms with E-state index in [-0.39, 0.29) is 17.4 Å². The summed E-state index contributed by atoms with van der Waals surface area (Å²) in [5.74, 6) is 0.282. The van der Waals surface area contributed by atoms with Gasteiger partial charge in [-0.1, -0.05) is 54.1 Å². The molecule has 0 saturated carbocycles. The first kappa shape index (κ1) is 21.0. The Balaban J connectivity index is 1.72. The van der Waals surface area contributed by atoms with E-state index in [0.29, 0.717) is 21.8 Å². The van der Waals surface area contributed by atoms with Crippen molar-refractivity contribution in [3.8, 4) is 17.0 Å². The van der Waals surface area contributed by atoms with Gasteiger partial charge in [0, 0.05) is 40.1 Å². The van der Waals surface area contributed by atoms with Crippen molar-refractivity contribution in [2.75, 3.05) is 0 Å². The Bertz CT molecular complexity index is 1330. The summed E-state index contributed by atoms with van der Waals surface area (Å²) in [4.78, 5) is 19.4. The summed E-state index contributed by atoms with van der Waals surface area (Å²) in [5.41, 5.74) is 2.47. The summed E-state index contributed by atoms with van der Waals surface area (Å²) in [6, 6.07) is 20.3. The van der Waals surface area contributed by atoms with Crippen molar-refractivity contribution < 1.29 is 10.0 Å². The highest BCUT2D eigenvalue weighted by molar-refractivity contribution is 6.30. The molecule has 0 saturated heterocycles. The fraction of sp³-hybridized carbons (Fsp3) is 0. The molecule has 0 spiro atoms. The standard InChI is InChI=1S/C23H16ClN5O3/c24-19-9-10-22(30)18(12-19)14-25-23-27-21(17-6-2-1-3-7-17)15-28(23)26-13-16-5-4-8-20(11-16)29(31)32/h1-15,30H/b25-14+,26-13?. The molecule has 0 aliphatic heterocycles. The van der Waals surface area contributed by atoms with Crippen LogP contribution in [0.3, 0.4) is 0 Å². The first-order valence-corrected chi connectivity index (χ1v) is 9.83. The van der Waals surface area contributed by atoms with E-state index in [1.54, 1.807) is 30.5 Å². The normalized spacial score (nSPS) is 11.4. The number of nitrogens with zero attached hydrogens (tertiary/aromatic N) is 5. The molecule has 0 unspecified atom stereocenters. The second-order valence-corrected chi connectivity index (χ2v) is 7.13. The lowest BCUT2D eigenvalue weighted by molar-refractivity contribution is -0.384. The number of imidazole rings is 1. The largest absolute Gasteiger partial charge is 0.507 e. The van der Waals surface area contributed by atoms with E-state index in [4.69, 9.17) is 11.6 Å². The van der Waals surface area contributed by atoms with Crippen LogP contribution in [0, 0.1) is 10.1 Å². The zero-order valence-electron chi connectivity index (χ0n) is 16.5. The maximum atomic E-state index is 11.0. The first-order chi connectivity index (χ1) is 15.5. The highest BCUT2D eigenvalue weighted by atomic mass is 35.5. The van der Waals surface area contributed by atoms with Crippen LogP contribution in [0.25, 0.3) is 11.3 Å². The minimum Gasteiger partial charge on any atom is -0.507 e. The molecule has 0 aliphatic rings. The average Bonchev–Trinajstić information content (AvgIpc) is 3.22. The summed E-state index contributed by atoms with van der Waals surface area (Å²) in [5, 5.41) is 25.9. The van der Waals surface area contributed by atoms with Gasteiger partial charge in [-0.2, -0.15) is 5.10 Å². The van der Waals surface area contributed by atoms with Gasteiger partial charge in [-0.15, -0.1) is 0 Å². The van der Waals surface area contributed by atoms with Crippen molar-refractivity contribution in [1.29, 1.82) is 0 Å². The Labute approximate surface area is 187 Å². The fourth-order valence-corrected chi connectivity index (χ4v) is 3.07. The summed E-state index contributed by atoms with van der Waals surface area (Å²) in [6.07, 6.45) is 4.63. The number of aromatic hydroxyl groups is 1. The lowest BCUT2D eigenvalue weighted by Gasteiger charge is -1.99. The zero-order valence-corrected chi connectivity index (χ0v) is 17.3. The average molecular weight is 446 g/mol. The van der Waals surface area contributed by atoms with Crippen molar-refractivity contribution in [2.24, 2.45) is 10.1 Å². The van der Waals surface area contributed by atoms with Crippen LogP contribution in [-0.4, -0.2) is 32.1 Å². The molecule has 3 aromatic carbocycles. The second kappa shape index (κ2) is 9.23. The summed E-state index contributed by atoms with van der Waals surface area (Å²) in [6.45, 7) is 0. The number of aromatic nitrogens is 2. The number of halogens is 1. The molecule has 0 radical (unpaired) electrons. The number of non-ortho nitro benzene ring substituents is 1. The summed E-state index contributed by atoms with van der Waals surface area (Å²) >= 11 is 6.00. The van der Waals surface area contributed by atoms with Gasteiger partial charge in [0.25, 0.3) is 11.6 Å². The molecular weight excluding hydrogens is 430 g/mol. The third kappa shape index (κ3) is 4.88. The predicted molar refractivity (Wildman–Crippen MR) is 124 cm³/mol. The van der Waals surface area contributed by atoms with Gasteiger partial charge in [-0.25, -0.2) is 14.7 Å². The second-order valence-electron chi connectivity index (χ2n) is 6.69. The molecule has 0 bridgehead atoms. The van der Waals surface area contributed by atoms with Crippen LogP contribution in [0.2, 0.25) is 5.02 Å². The molecule has 1 aromatic heterocycles. The minimum absolute atomic E-state index is 0.0274. The Hall–Kier alpha value is -4.30. The zero-order chi connectivity index (χ0) is 22.5. The lowest BCUT2D eigenvalue weighted by atomic mass is 10.2. The van der Waals surface area contributed by atoms with E-state index in [2.05, 4.69) is 15.1 Å². The van der Waals surface area contributed by atoms with Gasteiger partial charge < -0.3 is 5.11 Å². The SMILES string of the molecule is O=[N+]([O-])c1cccc(C=Nn2cc(-c3ccccc3)nc2/N=C/c2cc(Cl)ccc2O)c1. The van der Waals surface area contributed by atoms with Crippen LogP contribution in [-0.2, 0) is 0 Å². The molecule has 0 amide bonds. The molecule has 32 heavy (non-hydrogen) atoms. The smallest absolute Gasteiger partial charge is 0.270 e. The predicted octanol–water partition coefficient (Wildman–Crippen LogP) is 5.45. The topological polar surface area (TPSA) is 106 Å². The number of nitro groups is 1. The monoisotopic (exact) mass is 445 g/mol. The van der Waals surface area contributed by atoms with Crippen LogP contribution in [0.1, 0.15) is 11.1 Å². The van der Waals surface area contributed by atoms with E-state index >= 15 is 0 Å². The van der Waals surface area contributed by atoms with Crippen LogP contribution in [0.15, 0.2) is 89.1 Å². The molecule has 158 valence electrons. The highest BCUT2D eigenvalue weighted by Crippen LogP contribution is 2.24. The van der Waals surface area contributed by atoms with Crippen molar-refractivity contribution >= 4 is 35.7 Å². The molecule has 0 aliphatic carbocycles. The van der Waals surface area contributed by atoms with E-state index in [9.17, 15) is 15.2 Å². The number of hydrogen-bond donors (Lipinski definition) is 1. The number of phenolic OH excluding ortho intramolecular Hbond substituents is 1. The fourth-order valence-electron chi connectivity index (χ4n) is 2.89. The maximum absolute atomic E-state index is 11.0. The number of benzene rings is 3. The molecule has 0 fully saturated rings. The van der Waals surface area contributed by atoms with Gasteiger partial charge in [0.2, 0.25) is 0 Å². The third-order valence-corrected chi connectivity index (χ3v) is 4.70. The van der Waals surface area contributed by atoms with Gasteiger partial charge in [-0.05, 0) is 18.2 Å². The number of rotatable bonds is 6. The Morgan fingerprint density at radius 1 is 1.03 bits per heavy atom. The number of nitro benzene ring substituents is 1. The molecular formula is C23H16ClN5O3. The molecule has 4 aromatic rings. The van der Waals surface area contributed by atoms with E-state index < -0.39 is 4.92 Å². The van der Waals surface area contributed by atoms with Gasteiger partial charge in [-0.3, -0.25) is 10.1 Å². The van der Waals surface area contributed by atoms with Gasteiger partial charge in [0.1, 0.15) is 5.75 Å². The molecule has 4 rings (SSSR count). The molecule has 1 heterocycles. The van der Waals surface area contributed by atoms with Crippen LogP contribution in [0.4, 0.5) is 11.6 Å². The molecule has 1 N–H and O–H groups in total. The van der Waals surface area contributed by atoms with Crippen LogP contribution in [0.5, 0.6) is 5.75 Å². The number of phenols is 1. The first-order valence-electron chi connectivity index (χ1n) is 9.46. The highest BCUT2D eigenvalue weighted by Gasteiger charge is 2.09. The minimum atomic E-state index is -0.463. The lowest BCUT2D eigenvalue weighted by Crippen LogP contribution is -1.92. The Kier molecular flexibility index (Phi) is 6.05. The Morgan fingerprint density at radius 2 is 1.84 bits per heavy atom. The van der Waals surface area contributed by atoms with Crippen molar-refractivity contribution in [2.45, 2.75) is 0 Å². The van der Waals surface area contributed by atoms with Crippen LogP contribution >= 0.6 is 11.6 Å². The van der Waals surface area contributed by atoms with Crippen molar-refractivity contribution in [3.05, 3.63) is 105 Å². The van der Waals surface area contributed by atoms with E-state index in [0.717, 1.165) is 5.56 Å². The number of aliphatic imine (C=N–C) groups is 1. The van der Waals surface area contributed by atoms with E-state index in [1.165, 1.54) is 35.3 Å². The van der Waals surface area contributed by atoms with Gasteiger partial charge in [0.05, 0.1) is 23.0 Å². The van der Waals surface area contributed by atoms with Crippen molar-refractivity contribution in [3.63, 3.8) is 0 Å². The van der Waals surface area contributed by atoms with E-state index in [1.807, 2.05) is 30.3 Å². The number of hydrogen-bond acceptors (Lipinski definition) is 6. The maximum Gasteiger partial charge on any atom is 0.270 e. The van der Waals surface area contributed by atoms with Crippen molar-refractivity contribution in [1.82, 2.24) is 9.66 Å². The van der Waals surface area contributed by atoms with Gasteiger partial charge in [0.15, 0.2) is 0 Å². The summed E-state index contributed by atoms with van der Waals surface area (Å²) in [7, 11) is 0.